The average molecular weight is 553 g/mol. The molecule has 1 amide bonds. The molecule has 0 aliphatic carbocycles. The number of amides is 1. The van der Waals surface area contributed by atoms with Crippen LogP contribution in [0, 0.1) is 24.4 Å². The SMILES string of the molecule is Cc1oc(=O)oc1COc1c2n(ncc1=O)[C@@H]([C@H](c1ccc(F)cc1)c1cccc(F)c1F)[C@H]1CCCN1C2=O. The highest BCUT2D eigenvalue weighted by Gasteiger charge is 2.49. The molecule has 0 N–H and O–H groups in total. The molecule has 1 fully saturated rings. The number of hydrogen-bond donors (Lipinski definition) is 0. The van der Waals surface area contributed by atoms with Gasteiger partial charge in [0.25, 0.3) is 5.91 Å². The summed E-state index contributed by atoms with van der Waals surface area (Å²) in [6.45, 7) is 1.46. The summed E-state index contributed by atoms with van der Waals surface area (Å²) >= 11 is 0. The molecule has 0 bridgehead atoms. The third kappa shape index (κ3) is 4.19. The van der Waals surface area contributed by atoms with Gasteiger partial charge in [0.05, 0.1) is 18.3 Å². The monoisotopic (exact) mass is 553 g/mol. The number of fused-ring (bicyclic) bond motifs is 2. The first kappa shape index (κ1) is 25.7. The highest BCUT2D eigenvalue weighted by Crippen LogP contribution is 2.46. The summed E-state index contributed by atoms with van der Waals surface area (Å²) < 4.78 is 60.6. The summed E-state index contributed by atoms with van der Waals surface area (Å²) in [5.74, 6) is -5.19. The van der Waals surface area contributed by atoms with Gasteiger partial charge in [-0.25, -0.2) is 18.0 Å². The first-order chi connectivity index (χ1) is 19.2. The van der Waals surface area contributed by atoms with Crippen molar-refractivity contribution in [2.45, 2.75) is 44.4 Å². The van der Waals surface area contributed by atoms with Crippen LogP contribution in [0.15, 0.2) is 67.1 Å². The van der Waals surface area contributed by atoms with Gasteiger partial charge in [-0.2, -0.15) is 5.10 Å². The van der Waals surface area contributed by atoms with E-state index in [4.69, 9.17) is 13.6 Å². The first-order valence-electron chi connectivity index (χ1n) is 12.6. The molecule has 2 aromatic carbocycles. The van der Waals surface area contributed by atoms with Gasteiger partial charge in [0.15, 0.2) is 34.6 Å². The summed E-state index contributed by atoms with van der Waals surface area (Å²) in [6.07, 6.45) is 2.14. The summed E-state index contributed by atoms with van der Waals surface area (Å²) in [6, 6.07) is 7.89. The van der Waals surface area contributed by atoms with Gasteiger partial charge in [0.2, 0.25) is 5.43 Å². The van der Waals surface area contributed by atoms with Crippen molar-refractivity contribution in [1.82, 2.24) is 14.7 Å². The molecule has 4 heterocycles. The topological polar surface area (TPSA) is 108 Å². The molecule has 206 valence electrons. The minimum absolute atomic E-state index is 0.0116. The summed E-state index contributed by atoms with van der Waals surface area (Å²) in [5, 5.41) is 4.28. The summed E-state index contributed by atoms with van der Waals surface area (Å²) in [4.78, 5) is 39.7. The second-order valence-corrected chi connectivity index (χ2v) is 9.72. The number of ether oxygens (including phenoxy) is 1. The molecule has 40 heavy (non-hydrogen) atoms. The zero-order valence-electron chi connectivity index (χ0n) is 21.1. The Labute approximate surface area is 224 Å². The third-order valence-corrected chi connectivity index (χ3v) is 7.48. The second-order valence-electron chi connectivity index (χ2n) is 9.72. The summed E-state index contributed by atoms with van der Waals surface area (Å²) in [5.41, 5.74) is -0.429. The van der Waals surface area contributed by atoms with Crippen molar-refractivity contribution >= 4 is 5.91 Å². The Hall–Kier alpha value is -4.61. The number of carbonyl (C=O) groups is 1. The molecule has 0 saturated carbocycles. The van der Waals surface area contributed by atoms with Gasteiger partial charge in [-0.15, -0.1) is 0 Å². The average Bonchev–Trinajstić information content (AvgIpc) is 3.54. The number of benzene rings is 2. The Morgan fingerprint density at radius 1 is 1.07 bits per heavy atom. The number of carbonyl (C=O) groups excluding carboxylic acids is 1. The normalized spacial score (nSPS) is 18.9. The van der Waals surface area contributed by atoms with Crippen LogP contribution in [-0.2, 0) is 6.61 Å². The fourth-order valence-corrected chi connectivity index (χ4v) is 5.71. The lowest BCUT2D eigenvalue weighted by atomic mass is 9.79. The van der Waals surface area contributed by atoms with Crippen LogP contribution < -0.4 is 16.0 Å². The number of aryl methyl sites for hydroxylation is 1. The van der Waals surface area contributed by atoms with Crippen molar-refractivity contribution in [2.75, 3.05) is 6.54 Å². The predicted molar refractivity (Wildman–Crippen MR) is 133 cm³/mol. The highest BCUT2D eigenvalue weighted by molar-refractivity contribution is 5.96. The molecule has 2 aliphatic rings. The van der Waals surface area contributed by atoms with Crippen LogP contribution in [0.5, 0.6) is 5.75 Å². The molecule has 2 aromatic heterocycles. The van der Waals surface area contributed by atoms with E-state index in [-0.39, 0.29) is 35.1 Å². The third-order valence-electron chi connectivity index (χ3n) is 7.48. The lowest BCUT2D eigenvalue weighted by molar-refractivity contribution is 0.0559. The predicted octanol–water partition coefficient (Wildman–Crippen LogP) is 4.09. The highest BCUT2D eigenvalue weighted by atomic mass is 19.2. The van der Waals surface area contributed by atoms with Crippen LogP contribution in [-0.4, -0.2) is 33.2 Å². The van der Waals surface area contributed by atoms with E-state index < -0.39 is 52.6 Å². The molecule has 0 unspecified atom stereocenters. The van der Waals surface area contributed by atoms with E-state index in [1.54, 1.807) is 4.90 Å². The first-order valence-corrected chi connectivity index (χ1v) is 12.6. The quantitative estimate of drug-likeness (QED) is 0.354. The maximum absolute atomic E-state index is 15.4. The van der Waals surface area contributed by atoms with Crippen molar-refractivity contribution < 1.29 is 31.5 Å². The molecule has 2 aliphatic heterocycles. The van der Waals surface area contributed by atoms with Gasteiger partial charge in [-0.3, -0.25) is 14.3 Å². The van der Waals surface area contributed by atoms with Gasteiger partial charge < -0.3 is 18.5 Å². The maximum Gasteiger partial charge on any atom is 0.519 e. The fraction of sp³-hybridized carbons (Fsp3) is 0.286. The molecular weight excluding hydrogens is 531 g/mol. The molecule has 1 saturated heterocycles. The largest absolute Gasteiger partial charge is 0.519 e. The molecule has 0 spiro atoms. The Bertz CT molecular complexity index is 1730. The van der Waals surface area contributed by atoms with Crippen LogP contribution in [0.3, 0.4) is 0 Å². The van der Waals surface area contributed by atoms with E-state index in [2.05, 4.69) is 5.10 Å². The Morgan fingerprint density at radius 3 is 2.58 bits per heavy atom. The molecule has 0 radical (unpaired) electrons. The van der Waals surface area contributed by atoms with E-state index in [9.17, 15) is 23.2 Å². The van der Waals surface area contributed by atoms with Crippen molar-refractivity contribution in [3.63, 3.8) is 0 Å². The molecule has 4 aromatic rings. The number of nitrogens with zero attached hydrogens (tertiary/aromatic N) is 3. The van der Waals surface area contributed by atoms with Crippen molar-refractivity contribution in [2.24, 2.45) is 0 Å². The molecule has 6 rings (SSSR count). The Balaban J connectivity index is 1.55. The minimum Gasteiger partial charge on any atom is -0.479 e. The van der Waals surface area contributed by atoms with Gasteiger partial charge >= 0.3 is 5.82 Å². The minimum atomic E-state index is -1.08. The lowest BCUT2D eigenvalue weighted by Crippen LogP contribution is -2.51. The van der Waals surface area contributed by atoms with Crippen LogP contribution in [0.2, 0.25) is 0 Å². The zero-order chi connectivity index (χ0) is 28.1. The molecular formula is C28H22F3N3O6. The van der Waals surface area contributed by atoms with Gasteiger partial charge in [-0.05, 0) is 43.5 Å². The van der Waals surface area contributed by atoms with Gasteiger partial charge in [0, 0.05) is 18.0 Å². The number of halogens is 3. The van der Waals surface area contributed by atoms with Crippen LogP contribution in [0.4, 0.5) is 13.2 Å². The molecule has 12 heteroatoms. The van der Waals surface area contributed by atoms with E-state index in [1.165, 1.54) is 48.0 Å². The number of hydrogen-bond acceptors (Lipinski definition) is 7. The number of aromatic nitrogens is 2. The standard InChI is InChI=1S/C28H22F3N3O6/c1-14-21(40-28(37)39-14)13-38-26-20(35)12-32-34-24(19-6-3-11-33(19)27(36)25(26)34)22(15-7-9-16(29)10-8-15)17-4-2-5-18(30)23(17)31/h2,4-5,7-10,12,19,22,24H,3,6,11,13H2,1H3/t19-,22-,24-/m1/s1. The zero-order valence-corrected chi connectivity index (χ0v) is 21.1. The lowest BCUT2D eigenvalue weighted by Gasteiger charge is -2.42. The smallest absolute Gasteiger partial charge is 0.479 e. The summed E-state index contributed by atoms with van der Waals surface area (Å²) in [7, 11) is 0. The van der Waals surface area contributed by atoms with Crippen LogP contribution in [0.25, 0.3) is 0 Å². The fourth-order valence-electron chi connectivity index (χ4n) is 5.71. The molecule has 3 atom stereocenters. The maximum atomic E-state index is 15.4. The van der Waals surface area contributed by atoms with E-state index in [0.29, 0.717) is 24.9 Å². The van der Waals surface area contributed by atoms with E-state index in [1.807, 2.05) is 0 Å². The van der Waals surface area contributed by atoms with E-state index >= 15 is 4.39 Å². The van der Waals surface area contributed by atoms with Gasteiger partial charge in [0.1, 0.15) is 12.4 Å². The van der Waals surface area contributed by atoms with Crippen molar-refractivity contribution in [1.29, 1.82) is 0 Å². The van der Waals surface area contributed by atoms with Crippen molar-refractivity contribution in [3.8, 4) is 5.75 Å². The van der Waals surface area contributed by atoms with Crippen molar-refractivity contribution in [3.05, 3.63) is 115 Å². The van der Waals surface area contributed by atoms with Crippen LogP contribution in [0.1, 0.15) is 57.9 Å². The Kier molecular flexibility index (Phi) is 6.32. The Morgan fingerprint density at radius 2 is 1.85 bits per heavy atom. The van der Waals surface area contributed by atoms with Crippen LogP contribution >= 0.6 is 0 Å². The van der Waals surface area contributed by atoms with E-state index in [0.717, 1.165) is 12.3 Å². The van der Waals surface area contributed by atoms with Gasteiger partial charge in [-0.1, -0.05) is 24.3 Å². The molecule has 9 nitrogen and oxygen atoms in total. The number of rotatable bonds is 6. The second kappa shape index (κ2) is 9.85.